The number of carbonyl (C=O) groups excluding carboxylic acids is 1. The fourth-order valence-corrected chi connectivity index (χ4v) is 2.00. The molecule has 108 valence electrons. The molecule has 1 aromatic rings. The van der Waals surface area contributed by atoms with E-state index < -0.39 is 18.1 Å². The average molecular weight is 279 g/mol. The van der Waals surface area contributed by atoms with Crippen LogP contribution in [0.4, 0.5) is 4.79 Å². The van der Waals surface area contributed by atoms with E-state index in [1.54, 1.807) is 0 Å². The number of aliphatic carboxylic acids is 1. The minimum absolute atomic E-state index is 0.00420. The van der Waals surface area contributed by atoms with Crippen molar-refractivity contribution in [2.24, 2.45) is 0 Å². The first kappa shape index (κ1) is 14.3. The van der Waals surface area contributed by atoms with Gasteiger partial charge in [-0.25, -0.2) is 9.59 Å². The van der Waals surface area contributed by atoms with E-state index in [4.69, 9.17) is 14.6 Å². The van der Waals surface area contributed by atoms with Crippen molar-refractivity contribution in [1.82, 2.24) is 4.90 Å². The molecule has 20 heavy (non-hydrogen) atoms. The van der Waals surface area contributed by atoms with E-state index in [0.29, 0.717) is 19.6 Å². The van der Waals surface area contributed by atoms with E-state index in [-0.39, 0.29) is 13.2 Å². The molecule has 1 N–H and O–H groups in total. The number of ether oxygens (including phenoxy) is 2. The van der Waals surface area contributed by atoms with Gasteiger partial charge in [-0.15, -0.1) is 0 Å². The zero-order valence-corrected chi connectivity index (χ0v) is 11.0. The van der Waals surface area contributed by atoms with E-state index in [1.165, 1.54) is 4.90 Å². The van der Waals surface area contributed by atoms with E-state index in [9.17, 15) is 9.59 Å². The van der Waals surface area contributed by atoms with Crippen LogP contribution < -0.4 is 0 Å². The summed E-state index contributed by atoms with van der Waals surface area (Å²) in [7, 11) is 0. The average Bonchev–Trinajstić information content (AvgIpc) is 2.71. The van der Waals surface area contributed by atoms with Crippen LogP contribution in [0.2, 0.25) is 0 Å². The van der Waals surface area contributed by atoms with Crippen LogP contribution >= 0.6 is 0 Å². The third-order valence-electron chi connectivity index (χ3n) is 3.06. The van der Waals surface area contributed by atoms with Gasteiger partial charge in [-0.05, 0) is 12.0 Å². The van der Waals surface area contributed by atoms with Gasteiger partial charge in [0.25, 0.3) is 0 Å². The van der Waals surface area contributed by atoms with Gasteiger partial charge < -0.3 is 14.6 Å². The minimum Gasteiger partial charge on any atom is -0.480 e. The van der Waals surface area contributed by atoms with Crippen molar-refractivity contribution < 1.29 is 24.2 Å². The van der Waals surface area contributed by atoms with Crippen LogP contribution in [0.5, 0.6) is 0 Å². The van der Waals surface area contributed by atoms with Gasteiger partial charge >= 0.3 is 12.1 Å². The SMILES string of the molecule is O=C(O)[C@@H]1COCCCN1C(=O)OCc1ccccc1. The Kier molecular flexibility index (Phi) is 4.95. The number of nitrogens with zero attached hydrogens (tertiary/aromatic N) is 1. The van der Waals surface area contributed by atoms with Crippen molar-refractivity contribution >= 4 is 12.1 Å². The minimum atomic E-state index is -1.08. The molecular formula is C14H17NO5. The van der Waals surface area contributed by atoms with Crippen molar-refractivity contribution in [1.29, 1.82) is 0 Å². The smallest absolute Gasteiger partial charge is 0.410 e. The van der Waals surface area contributed by atoms with Crippen LogP contribution in [0.3, 0.4) is 0 Å². The van der Waals surface area contributed by atoms with E-state index in [1.807, 2.05) is 30.3 Å². The van der Waals surface area contributed by atoms with Crippen molar-refractivity contribution in [3.05, 3.63) is 35.9 Å². The van der Waals surface area contributed by atoms with Crippen molar-refractivity contribution in [3.8, 4) is 0 Å². The number of amides is 1. The first-order valence-electron chi connectivity index (χ1n) is 6.46. The maximum atomic E-state index is 12.0. The Hall–Kier alpha value is -2.08. The summed E-state index contributed by atoms with van der Waals surface area (Å²) in [6, 6.07) is 8.27. The molecule has 1 amide bonds. The lowest BCUT2D eigenvalue weighted by molar-refractivity contribution is -0.144. The molecule has 1 aromatic carbocycles. The molecule has 0 unspecified atom stereocenters. The van der Waals surface area contributed by atoms with Gasteiger partial charge in [0, 0.05) is 13.2 Å². The van der Waals surface area contributed by atoms with Crippen molar-refractivity contribution in [2.75, 3.05) is 19.8 Å². The number of carboxylic acids is 1. The first-order valence-corrected chi connectivity index (χ1v) is 6.46. The molecular weight excluding hydrogens is 262 g/mol. The van der Waals surface area contributed by atoms with E-state index >= 15 is 0 Å². The maximum absolute atomic E-state index is 12.0. The normalized spacial score (nSPS) is 19.2. The molecule has 1 heterocycles. The summed E-state index contributed by atoms with van der Waals surface area (Å²) in [6.45, 7) is 0.899. The summed E-state index contributed by atoms with van der Waals surface area (Å²) in [5.74, 6) is -1.08. The highest BCUT2D eigenvalue weighted by molar-refractivity contribution is 5.80. The zero-order chi connectivity index (χ0) is 14.4. The first-order chi connectivity index (χ1) is 9.68. The molecule has 0 aliphatic carbocycles. The van der Waals surface area contributed by atoms with Crippen molar-refractivity contribution in [3.63, 3.8) is 0 Å². The molecule has 1 aliphatic rings. The zero-order valence-electron chi connectivity index (χ0n) is 11.0. The molecule has 1 fully saturated rings. The Bertz CT molecular complexity index is 462. The summed E-state index contributed by atoms with van der Waals surface area (Å²) in [5.41, 5.74) is 0.860. The lowest BCUT2D eigenvalue weighted by Gasteiger charge is -2.25. The number of hydrogen-bond acceptors (Lipinski definition) is 4. The van der Waals surface area contributed by atoms with Gasteiger partial charge in [0.05, 0.1) is 6.61 Å². The van der Waals surface area contributed by atoms with Crippen LogP contribution in [-0.4, -0.2) is 47.9 Å². The third kappa shape index (κ3) is 3.71. The van der Waals surface area contributed by atoms with E-state index in [0.717, 1.165) is 5.56 Å². The fraction of sp³-hybridized carbons (Fsp3) is 0.429. The summed E-state index contributed by atoms with van der Waals surface area (Å²) < 4.78 is 10.4. The molecule has 0 aromatic heterocycles. The summed E-state index contributed by atoms with van der Waals surface area (Å²) in [6.07, 6.45) is -0.0173. The predicted molar refractivity (Wildman–Crippen MR) is 70.2 cm³/mol. The lowest BCUT2D eigenvalue weighted by atomic mass is 10.2. The Labute approximate surface area is 116 Å². The molecule has 0 bridgehead atoms. The van der Waals surface area contributed by atoms with E-state index in [2.05, 4.69) is 0 Å². The van der Waals surface area contributed by atoms with Crippen molar-refractivity contribution in [2.45, 2.75) is 19.1 Å². The number of hydrogen-bond donors (Lipinski definition) is 1. The summed E-state index contributed by atoms with van der Waals surface area (Å²) in [5, 5.41) is 9.14. The molecule has 2 rings (SSSR count). The van der Waals surface area contributed by atoms with Crippen LogP contribution in [0.1, 0.15) is 12.0 Å². The topological polar surface area (TPSA) is 76.1 Å². The fourth-order valence-electron chi connectivity index (χ4n) is 2.00. The monoisotopic (exact) mass is 279 g/mol. The Morgan fingerprint density at radius 2 is 2.10 bits per heavy atom. The molecule has 1 aliphatic heterocycles. The van der Waals surface area contributed by atoms with Gasteiger partial charge in [0.2, 0.25) is 0 Å². The largest absolute Gasteiger partial charge is 0.480 e. The molecule has 6 nitrogen and oxygen atoms in total. The predicted octanol–water partition coefficient (Wildman–Crippen LogP) is 1.50. The van der Waals surface area contributed by atoms with Crippen LogP contribution in [-0.2, 0) is 20.9 Å². The van der Waals surface area contributed by atoms with Gasteiger partial charge in [0.15, 0.2) is 6.04 Å². The second kappa shape index (κ2) is 6.91. The number of carbonyl (C=O) groups is 2. The lowest BCUT2D eigenvalue weighted by Crippen LogP contribution is -2.47. The second-order valence-corrected chi connectivity index (χ2v) is 4.52. The number of rotatable bonds is 3. The number of benzene rings is 1. The maximum Gasteiger partial charge on any atom is 0.410 e. The molecule has 0 spiro atoms. The van der Waals surface area contributed by atoms with Gasteiger partial charge in [-0.2, -0.15) is 0 Å². The Morgan fingerprint density at radius 1 is 1.35 bits per heavy atom. The standard InChI is InChI=1S/C14H17NO5/c16-13(17)12-10-19-8-4-7-15(12)14(18)20-9-11-5-2-1-3-6-11/h1-3,5-6,12H,4,7-10H2,(H,16,17)/t12-/m0/s1. The highest BCUT2D eigenvalue weighted by Crippen LogP contribution is 2.11. The van der Waals surface area contributed by atoms with Crippen LogP contribution in [0, 0.1) is 0 Å². The molecule has 0 radical (unpaired) electrons. The van der Waals surface area contributed by atoms with Gasteiger partial charge in [-0.3, -0.25) is 4.90 Å². The second-order valence-electron chi connectivity index (χ2n) is 4.52. The molecule has 1 atom stereocenters. The highest BCUT2D eigenvalue weighted by Gasteiger charge is 2.32. The quantitative estimate of drug-likeness (QED) is 0.907. The Morgan fingerprint density at radius 3 is 2.80 bits per heavy atom. The number of carboxylic acid groups (broad SMARTS) is 1. The Balaban J connectivity index is 1.96. The van der Waals surface area contributed by atoms with Gasteiger partial charge in [-0.1, -0.05) is 30.3 Å². The molecule has 0 saturated carbocycles. The third-order valence-corrected chi connectivity index (χ3v) is 3.06. The van der Waals surface area contributed by atoms with Crippen LogP contribution in [0.25, 0.3) is 0 Å². The van der Waals surface area contributed by atoms with Crippen LogP contribution in [0.15, 0.2) is 30.3 Å². The molecule has 1 saturated heterocycles. The summed E-state index contributed by atoms with van der Waals surface area (Å²) >= 11 is 0. The summed E-state index contributed by atoms with van der Waals surface area (Å²) in [4.78, 5) is 24.4. The molecule has 6 heteroatoms. The highest BCUT2D eigenvalue weighted by atomic mass is 16.6. The van der Waals surface area contributed by atoms with Gasteiger partial charge in [0.1, 0.15) is 6.61 Å².